The average Bonchev–Trinajstić information content (AvgIpc) is 2.81. The molecule has 1 amide bonds. The molecule has 0 aliphatic carbocycles. The quantitative estimate of drug-likeness (QED) is 0.441. The van der Waals surface area contributed by atoms with E-state index in [0.29, 0.717) is 17.0 Å². The second-order valence-corrected chi connectivity index (χ2v) is 7.34. The fourth-order valence-corrected chi connectivity index (χ4v) is 3.49. The molecule has 0 spiro atoms. The molecule has 0 unspecified atom stereocenters. The zero-order valence-corrected chi connectivity index (χ0v) is 17.4. The van der Waals surface area contributed by atoms with Gasteiger partial charge in [-0.1, -0.05) is 48.5 Å². The maximum atomic E-state index is 12.6. The number of anilines is 2. The number of nitrogens with one attached hydrogen (secondary N) is 1. The van der Waals surface area contributed by atoms with Crippen LogP contribution in [0.25, 0.3) is 6.08 Å². The van der Waals surface area contributed by atoms with Gasteiger partial charge < -0.3 is 15.0 Å². The molecule has 3 aromatic rings. The van der Waals surface area contributed by atoms with Gasteiger partial charge in [0.1, 0.15) is 5.75 Å². The molecule has 0 bridgehead atoms. The number of benzene rings is 3. The van der Waals surface area contributed by atoms with E-state index in [1.54, 1.807) is 30.4 Å². The van der Waals surface area contributed by atoms with Gasteiger partial charge in [-0.25, -0.2) is 0 Å². The van der Waals surface area contributed by atoms with E-state index in [0.717, 1.165) is 24.3 Å². The summed E-state index contributed by atoms with van der Waals surface area (Å²) < 4.78 is 5.33. The number of carbonyl (C=O) groups excluding carboxylic acids is 2. The molecular weight excluding hydrogens is 388 g/mol. The highest BCUT2D eigenvalue weighted by molar-refractivity contribution is 6.08. The van der Waals surface area contributed by atoms with Crippen LogP contribution in [-0.4, -0.2) is 24.8 Å². The highest BCUT2D eigenvalue weighted by Gasteiger charge is 2.17. The molecule has 1 aliphatic heterocycles. The summed E-state index contributed by atoms with van der Waals surface area (Å²) in [4.78, 5) is 26.3. The van der Waals surface area contributed by atoms with Crippen LogP contribution < -0.4 is 15.0 Å². The van der Waals surface area contributed by atoms with Gasteiger partial charge in [0.25, 0.3) is 5.91 Å². The van der Waals surface area contributed by atoms with Crippen molar-refractivity contribution in [3.63, 3.8) is 0 Å². The Labute approximate surface area is 182 Å². The maximum absolute atomic E-state index is 12.6. The zero-order chi connectivity index (χ0) is 21.6. The third-order valence-electron chi connectivity index (χ3n) is 5.18. The van der Waals surface area contributed by atoms with Crippen LogP contribution in [0.3, 0.4) is 0 Å². The van der Waals surface area contributed by atoms with E-state index < -0.39 is 0 Å². The molecule has 1 heterocycles. The number of amides is 1. The van der Waals surface area contributed by atoms with Crippen LogP contribution >= 0.6 is 0 Å². The van der Waals surface area contributed by atoms with E-state index in [1.165, 1.54) is 5.56 Å². The lowest BCUT2D eigenvalue weighted by molar-refractivity contribution is -0.118. The van der Waals surface area contributed by atoms with Crippen LogP contribution in [0, 0.1) is 0 Å². The summed E-state index contributed by atoms with van der Waals surface area (Å²) in [6.45, 7) is 3.89. The summed E-state index contributed by atoms with van der Waals surface area (Å²) in [7, 11) is 0. The summed E-state index contributed by atoms with van der Waals surface area (Å²) >= 11 is 0. The van der Waals surface area contributed by atoms with Crippen molar-refractivity contribution in [2.24, 2.45) is 0 Å². The van der Waals surface area contributed by atoms with E-state index in [4.69, 9.17) is 4.74 Å². The first kappa shape index (κ1) is 20.4. The summed E-state index contributed by atoms with van der Waals surface area (Å²) in [5.41, 5.74) is 4.38. The minimum absolute atomic E-state index is 0.00298. The molecule has 0 fully saturated rings. The SMILES string of the molecule is CCN(Cc1ccccc1)c1ccc(/C=C/C(=O)c2ccc3c(c2)NC(=O)CO3)cc1. The maximum Gasteiger partial charge on any atom is 0.262 e. The number of ketones is 1. The van der Waals surface area contributed by atoms with Gasteiger partial charge in [-0.2, -0.15) is 0 Å². The molecule has 0 aromatic heterocycles. The Hall–Kier alpha value is -3.86. The summed E-state index contributed by atoms with van der Waals surface area (Å²) in [5, 5.41) is 2.72. The van der Waals surface area contributed by atoms with Gasteiger partial charge in [0.2, 0.25) is 0 Å². The predicted octanol–water partition coefficient (Wildman–Crippen LogP) is 4.94. The third-order valence-corrected chi connectivity index (χ3v) is 5.18. The molecule has 0 saturated carbocycles. The Morgan fingerprint density at radius 2 is 1.84 bits per heavy atom. The first-order valence-electron chi connectivity index (χ1n) is 10.3. The Morgan fingerprint density at radius 1 is 1.06 bits per heavy atom. The topological polar surface area (TPSA) is 58.6 Å². The van der Waals surface area contributed by atoms with Gasteiger partial charge in [0.05, 0.1) is 5.69 Å². The van der Waals surface area contributed by atoms with Crippen molar-refractivity contribution in [1.29, 1.82) is 0 Å². The normalized spacial score (nSPS) is 12.7. The van der Waals surface area contributed by atoms with E-state index in [2.05, 4.69) is 53.5 Å². The minimum atomic E-state index is -0.221. The largest absolute Gasteiger partial charge is 0.482 e. The second kappa shape index (κ2) is 9.30. The van der Waals surface area contributed by atoms with Gasteiger partial charge in [0, 0.05) is 24.3 Å². The van der Waals surface area contributed by atoms with Gasteiger partial charge in [-0.15, -0.1) is 0 Å². The van der Waals surface area contributed by atoms with Crippen LogP contribution in [0.15, 0.2) is 78.9 Å². The smallest absolute Gasteiger partial charge is 0.262 e. The molecule has 1 aliphatic rings. The van der Waals surface area contributed by atoms with E-state index in [-0.39, 0.29) is 18.3 Å². The number of rotatable bonds is 7. The fourth-order valence-electron chi connectivity index (χ4n) is 3.49. The Bertz CT molecular complexity index is 1110. The van der Waals surface area contributed by atoms with E-state index in [1.807, 2.05) is 18.2 Å². The number of fused-ring (bicyclic) bond motifs is 1. The van der Waals surface area contributed by atoms with Gasteiger partial charge in [0.15, 0.2) is 12.4 Å². The van der Waals surface area contributed by atoms with Crippen molar-refractivity contribution in [2.45, 2.75) is 13.5 Å². The van der Waals surface area contributed by atoms with Crippen LogP contribution in [0.2, 0.25) is 0 Å². The average molecular weight is 412 g/mol. The number of ether oxygens (including phenoxy) is 1. The number of nitrogens with zero attached hydrogens (tertiary/aromatic N) is 1. The third kappa shape index (κ3) is 5.01. The van der Waals surface area contributed by atoms with Crippen LogP contribution in [0.4, 0.5) is 11.4 Å². The molecule has 0 atom stereocenters. The van der Waals surface area contributed by atoms with Crippen molar-refractivity contribution in [2.75, 3.05) is 23.4 Å². The molecule has 0 saturated heterocycles. The van der Waals surface area contributed by atoms with Gasteiger partial charge in [-0.3, -0.25) is 9.59 Å². The molecule has 5 nitrogen and oxygen atoms in total. The van der Waals surface area contributed by atoms with Crippen LogP contribution in [0.1, 0.15) is 28.4 Å². The number of allylic oxidation sites excluding steroid dienone is 1. The van der Waals surface area contributed by atoms with Crippen molar-refractivity contribution >= 4 is 29.1 Å². The summed E-state index contributed by atoms with van der Waals surface area (Å²) in [6.07, 6.45) is 3.35. The second-order valence-electron chi connectivity index (χ2n) is 7.34. The molecule has 31 heavy (non-hydrogen) atoms. The first-order chi connectivity index (χ1) is 15.1. The number of hydrogen-bond donors (Lipinski definition) is 1. The van der Waals surface area contributed by atoms with Crippen molar-refractivity contribution < 1.29 is 14.3 Å². The van der Waals surface area contributed by atoms with Crippen molar-refractivity contribution in [3.05, 3.63) is 95.6 Å². The summed E-state index contributed by atoms with van der Waals surface area (Å²) in [6, 6.07) is 23.6. The molecule has 1 N–H and O–H groups in total. The molecule has 5 heteroatoms. The van der Waals surface area contributed by atoms with Gasteiger partial charge >= 0.3 is 0 Å². The predicted molar refractivity (Wildman–Crippen MR) is 124 cm³/mol. The van der Waals surface area contributed by atoms with Crippen molar-refractivity contribution in [1.82, 2.24) is 0 Å². The van der Waals surface area contributed by atoms with Crippen LogP contribution in [-0.2, 0) is 11.3 Å². The number of carbonyl (C=O) groups is 2. The molecule has 0 radical (unpaired) electrons. The van der Waals surface area contributed by atoms with Crippen LogP contribution in [0.5, 0.6) is 5.75 Å². The Morgan fingerprint density at radius 3 is 2.58 bits per heavy atom. The molecule has 156 valence electrons. The van der Waals surface area contributed by atoms with E-state index >= 15 is 0 Å². The minimum Gasteiger partial charge on any atom is -0.482 e. The lowest BCUT2D eigenvalue weighted by atomic mass is 10.1. The fraction of sp³-hybridized carbons (Fsp3) is 0.154. The summed E-state index contributed by atoms with van der Waals surface area (Å²) in [5.74, 6) is 0.221. The highest BCUT2D eigenvalue weighted by atomic mass is 16.5. The highest BCUT2D eigenvalue weighted by Crippen LogP contribution is 2.28. The number of hydrogen-bond acceptors (Lipinski definition) is 4. The first-order valence-corrected chi connectivity index (χ1v) is 10.3. The van der Waals surface area contributed by atoms with Crippen molar-refractivity contribution in [3.8, 4) is 5.75 Å². The molecule has 4 rings (SSSR count). The lowest BCUT2D eigenvalue weighted by Gasteiger charge is -2.23. The van der Waals surface area contributed by atoms with E-state index in [9.17, 15) is 9.59 Å². The zero-order valence-electron chi connectivity index (χ0n) is 17.4. The molecular formula is C26H24N2O3. The molecule has 3 aromatic carbocycles. The monoisotopic (exact) mass is 412 g/mol. The standard InChI is InChI=1S/C26H24N2O3/c1-2-28(17-20-6-4-3-5-7-20)22-12-8-19(9-13-22)10-14-24(29)21-11-15-25-23(16-21)27-26(30)18-31-25/h3-16H,2,17-18H2,1H3,(H,27,30)/b14-10+. The van der Waals surface area contributed by atoms with Gasteiger partial charge in [-0.05, 0) is 54.5 Å². The lowest BCUT2D eigenvalue weighted by Crippen LogP contribution is -2.25. The Balaban J connectivity index is 1.43. The Kier molecular flexibility index (Phi) is 6.13.